The molecule has 7 heteroatoms. The van der Waals surface area contributed by atoms with Crippen molar-refractivity contribution in [2.75, 3.05) is 13.1 Å². The van der Waals surface area contributed by atoms with E-state index in [1.54, 1.807) is 9.80 Å². The lowest BCUT2D eigenvalue weighted by Gasteiger charge is -2.32. The maximum Gasteiger partial charge on any atom is 0.255 e. The van der Waals surface area contributed by atoms with Gasteiger partial charge in [-0.1, -0.05) is 41.9 Å². The first kappa shape index (κ1) is 17.6. The molecule has 5 nitrogen and oxygen atoms in total. The minimum Gasteiger partial charge on any atom is -0.343 e. The van der Waals surface area contributed by atoms with Crippen LogP contribution in [0, 0.1) is 5.82 Å². The Hall–Kier alpha value is -2.44. The third-order valence-electron chi connectivity index (χ3n) is 6.02. The minimum absolute atomic E-state index is 0.00821. The number of carbonyl (C=O) groups is 2. The van der Waals surface area contributed by atoms with E-state index in [0.29, 0.717) is 19.5 Å². The van der Waals surface area contributed by atoms with Gasteiger partial charge in [-0.15, -0.1) is 0 Å². The highest BCUT2D eigenvalue weighted by Gasteiger charge is 2.65. The van der Waals surface area contributed by atoms with Crippen LogP contribution in [0.25, 0.3) is 0 Å². The Bertz CT molecular complexity index is 969. The summed E-state index contributed by atoms with van der Waals surface area (Å²) in [6.07, 6.45) is 0.570. The molecule has 0 bridgehead atoms. The molecule has 5 rings (SSSR count). The third kappa shape index (κ3) is 2.48. The largest absolute Gasteiger partial charge is 0.343 e. The van der Waals surface area contributed by atoms with Gasteiger partial charge in [0.15, 0.2) is 5.72 Å². The van der Waals surface area contributed by atoms with Crippen LogP contribution >= 0.6 is 11.6 Å². The number of amides is 2. The Morgan fingerprint density at radius 1 is 1.21 bits per heavy atom. The van der Waals surface area contributed by atoms with Crippen LogP contribution in [0.5, 0.6) is 0 Å². The monoisotopic (exact) mass is 400 g/mol. The second-order valence-electron chi connectivity index (χ2n) is 7.46. The van der Waals surface area contributed by atoms with Crippen molar-refractivity contribution in [2.24, 2.45) is 0 Å². The van der Waals surface area contributed by atoms with E-state index in [-0.39, 0.29) is 41.0 Å². The second-order valence-corrected chi connectivity index (χ2v) is 7.87. The third-order valence-corrected chi connectivity index (χ3v) is 6.33. The Morgan fingerprint density at radius 2 is 2.00 bits per heavy atom. The van der Waals surface area contributed by atoms with E-state index in [2.05, 4.69) is 0 Å². The fourth-order valence-corrected chi connectivity index (χ4v) is 4.97. The van der Waals surface area contributed by atoms with Gasteiger partial charge in [0.05, 0.1) is 29.6 Å². The lowest BCUT2D eigenvalue weighted by molar-refractivity contribution is -0.138. The van der Waals surface area contributed by atoms with Crippen molar-refractivity contribution in [3.8, 4) is 0 Å². The van der Waals surface area contributed by atoms with Crippen molar-refractivity contribution in [3.05, 3.63) is 70.5 Å². The number of likely N-dealkylation sites (tertiary alicyclic amines) is 1. The molecule has 1 spiro atoms. The maximum absolute atomic E-state index is 13.4. The molecule has 3 aliphatic heterocycles. The first-order valence-electron chi connectivity index (χ1n) is 9.29. The van der Waals surface area contributed by atoms with Crippen LogP contribution in [0.3, 0.4) is 0 Å². The summed E-state index contributed by atoms with van der Waals surface area (Å²) in [7, 11) is 0. The summed E-state index contributed by atoms with van der Waals surface area (Å²) in [5.41, 5.74) is 0.465. The SMILES string of the molecule is O=C(c1ccc(F)cc1Cl)N1CC[C@@]23O[C@@H](c4ccccc4)CN2C(=O)C[C@@H]13. The number of rotatable bonds is 2. The average molecular weight is 401 g/mol. The van der Waals surface area contributed by atoms with Gasteiger partial charge in [-0.25, -0.2) is 4.39 Å². The summed E-state index contributed by atoms with van der Waals surface area (Å²) in [6, 6.07) is 13.2. The average Bonchev–Trinajstić information content (AvgIpc) is 3.31. The van der Waals surface area contributed by atoms with Crippen LogP contribution in [0.2, 0.25) is 5.02 Å². The molecular formula is C21H18ClFN2O3. The number of hydrogen-bond donors (Lipinski definition) is 0. The van der Waals surface area contributed by atoms with Crippen molar-refractivity contribution >= 4 is 23.4 Å². The molecule has 3 saturated heterocycles. The molecule has 3 atom stereocenters. The molecule has 0 N–H and O–H groups in total. The molecule has 144 valence electrons. The molecule has 0 unspecified atom stereocenters. The van der Waals surface area contributed by atoms with E-state index in [4.69, 9.17) is 16.3 Å². The Kier molecular flexibility index (Phi) is 3.96. The van der Waals surface area contributed by atoms with Gasteiger partial charge in [0.1, 0.15) is 11.9 Å². The molecule has 2 aromatic rings. The summed E-state index contributed by atoms with van der Waals surface area (Å²) in [6.45, 7) is 0.946. The van der Waals surface area contributed by atoms with Gasteiger partial charge in [-0.3, -0.25) is 9.59 Å². The van der Waals surface area contributed by atoms with Gasteiger partial charge in [0.25, 0.3) is 5.91 Å². The molecule has 2 aromatic carbocycles. The maximum atomic E-state index is 13.4. The van der Waals surface area contributed by atoms with Crippen molar-refractivity contribution in [3.63, 3.8) is 0 Å². The zero-order chi connectivity index (χ0) is 19.5. The smallest absolute Gasteiger partial charge is 0.255 e. The summed E-state index contributed by atoms with van der Waals surface area (Å²) >= 11 is 6.09. The van der Waals surface area contributed by atoms with Gasteiger partial charge in [-0.2, -0.15) is 0 Å². The zero-order valence-electron chi connectivity index (χ0n) is 15.0. The van der Waals surface area contributed by atoms with Gasteiger partial charge in [0.2, 0.25) is 5.91 Å². The number of carbonyl (C=O) groups excluding carboxylic acids is 2. The van der Waals surface area contributed by atoms with Crippen LogP contribution in [-0.2, 0) is 9.53 Å². The number of hydrogen-bond acceptors (Lipinski definition) is 3. The molecule has 3 heterocycles. The fourth-order valence-electron chi connectivity index (χ4n) is 4.73. The molecule has 2 amide bonds. The second kappa shape index (κ2) is 6.29. The molecule has 0 radical (unpaired) electrons. The van der Waals surface area contributed by atoms with Crippen molar-refractivity contribution in [1.29, 1.82) is 0 Å². The van der Waals surface area contributed by atoms with E-state index >= 15 is 0 Å². The fraction of sp³-hybridized carbons (Fsp3) is 0.333. The van der Waals surface area contributed by atoms with Crippen LogP contribution in [-0.4, -0.2) is 46.5 Å². The molecule has 3 fully saturated rings. The van der Waals surface area contributed by atoms with Crippen molar-refractivity contribution < 1.29 is 18.7 Å². The normalized spacial score (nSPS) is 28.6. The lowest BCUT2D eigenvalue weighted by Crippen LogP contribution is -2.48. The van der Waals surface area contributed by atoms with Crippen molar-refractivity contribution in [1.82, 2.24) is 9.80 Å². The van der Waals surface area contributed by atoms with E-state index in [9.17, 15) is 14.0 Å². The molecular weight excluding hydrogens is 383 g/mol. The Balaban J connectivity index is 1.45. The number of ether oxygens (including phenoxy) is 1. The highest BCUT2D eigenvalue weighted by Crippen LogP contribution is 2.51. The summed E-state index contributed by atoms with van der Waals surface area (Å²) in [4.78, 5) is 29.2. The van der Waals surface area contributed by atoms with E-state index in [0.717, 1.165) is 11.6 Å². The topological polar surface area (TPSA) is 49.9 Å². The van der Waals surface area contributed by atoms with Crippen molar-refractivity contribution in [2.45, 2.75) is 30.7 Å². The summed E-state index contributed by atoms with van der Waals surface area (Å²) in [5, 5.41) is 0.0710. The highest BCUT2D eigenvalue weighted by molar-refractivity contribution is 6.33. The number of benzene rings is 2. The molecule has 0 saturated carbocycles. The first-order chi connectivity index (χ1) is 13.5. The number of halogens is 2. The highest BCUT2D eigenvalue weighted by atomic mass is 35.5. The predicted molar refractivity (Wildman–Crippen MR) is 100 cm³/mol. The zero-order valence-corrected chi connectivity index (χ0v) is 15.7. The summed E-state index contributed by atoms with van der Waals surface area (Å²) < 4.78 is 19.8. The standard InChI is InChI=1S/C21H18ClFN2O3/c22-16-10-14(23)6-7-15(16)20(27)24-9-8-21-18(24)11-19(26)25(21)12-17(28-21)13-4-2-1-3-5-13/h1-7,10,17-18H,8-9,11-12H2/t17-,18-,21+/m1/s1. The van der Waals surface area contributed by atoms with Gasteiger partial charge >= 0.3 is 0 Å². The van der Waals surface area contributed by atoms with Crippen LogP contribution < -0.4 is 0 Å². The molecule has 3 aliphatic rings. The van der Waals surface area contributed by atoms with Crippen LogP contribution in [0.15, 0.2) is 48.5 Å². The molecule has 0 aliphatic carbocycles. The predicted octanol–water partition coefficient (Wildman–Crippen LogP) is 3.39. The van der Waals surface area contributed by atoms with Crippen LogP contribution in [0.4, 0.5) is 4.39 Å². The van der Waals surface area contributed by atoms with Crippen LogP contribution in [0.1, 0.15) is 34.9 Å². The van der Waals surface area contributed by atoms with Gasteiger partial charge in [0, 0.05) is 13.0 Å². The molecule has 28 heavy (non-hydrogen) atoms. The minimum atomic E-state index is -0.792. The Labute approximate surface area is 166 Å². The Morgan fingerprint density at radius 3 is 2.75 bits per heavy atom. The first-order valence-corrected chi connectivity index (χ1v) is 9.67. The quantitative estimate of drug-likeness (QED) is 0.776. The summed E-state index contributed by atoms with van der Waals surface area (Å²) in [5.74, 6) is -0.800. The molecule has 0 aromatic heterocycles. The van der Waals surface area contributed by atoms with E-state index in [1.165, 1.54) is 12.1 Å². The number of nitrogens with zero attached hydrogens (tertiary/aromatic N) is 2. The van der Waals surface area contributed by atoms with E-state index < -0.39 is 11.5 Å². The lowest BCUT2D eigenvalue weighted by atomic mass is 10.1. The van der Waals surface area contributed by atoms with Gasteiger partial charge < -0.3 is 14.5 Å². The van der Waals surface area contributed by atoms with E-state index in [1.807, 2.05) is 30.3 Å². The van der Waals surface area contributed by atoms with Gasteiger partial charge in [-0.05, 0) is 23.8 Å².